The molecule has 1 aromatic rings. The summed E-state index contributed by atoms with van der Waals surface area (Å²) in [5.74, 6) is 1.38. The first kappa shape index (κ1) is 14.5. The van der Waals surface area contributed by atoms with Crippen molar-refractivity contribution in [2.24, 2.45) is 17.8 Å². The molecule has 19 heavy (non-hydrogen) atoms. The minimum absolute atomic E-state index is 0.206. The Morgan fingerprint density at radius 1 is 1.21 bits per heavy atom. The number of Topliss-reactive ketones (excluding diaryl/α,β-unsaturated/α-hetero) is 1. The Morgan fingerprint density at radius 2 is 1.84 bits per heavy atom. The van der Waals surface area contributed by atoms with Crippen LogP contribution < -0.4 is 0 Å². The SMILES string of the molecule is CC(C)[C@@H]1CC[C@@H](C)C(=Cc2ccc(Br)cc2)C1=O. The summed E-state index contributed by atoms with van der Waals surface area (Å²) >= 11 is 3.44. The Balaban J connectivity index is 2.29. The smallest absolute Gasteiger partial charge is 0.162 e. The first-order valence-corrected chi connectivity index (χ1v) is 7.79. The molecule has 0 aliphatic heterocycles. The Kier molecular flexibility index (Phi) is 4.62. The fourth-order valence-electron chi connectivity index (χ4n) is 2.76. The Labute approximate surface area is 124 Å². The molecule has 0 aromatic heterocycles. The van der Waals surface area contributed by atoms with Gasteiger partial charge >= 0.3 is 0 Å². The normalized spacial score (nSPS) is 26.2. The van der Waals surface area contributed by atoms with Gasteiger partial charge in [0, 0.05) is 10.4 Å². The molecule has 1 aliphatic carbocycles. The summed E-state index contributed by atoms with van der Waals surface area (Å²) in [4.78, 5) is 12.6. The predicted octanol–water partition coefficient (Wildman–Crippen LogP) is 5.10. The largest absolute Gasteiger partial charge is 0.294 e. The summed E-state index contributed by atoms with van der Waals surface area (Å²) in [6, 6.07) is 8.14. The van der Waals surface area contributed by atoms with Crippen LogP contribution in [0.2, 0.25) is 0 Å². The summed E-state index contributed by atoms with van der Waals surface area (Å²) in [7, 11) is 0. The van der Waals surface area contributed by atoms with Gasteiger partial charge in [0.05, 0.1) is 0 Å². The first-order valence-electron chi connectivity index (χ1n) is 7.00. The number of halogens is 1. The number of hydrogen-bond acceptors (Lipinski definition) is 1. The van der Waals surface area contributed by atoms with Crippen LogP contribution in [-0.2, 0) is 4.79 Å². The number of ketones is 1. The molecule has 0 heterocycles. The first-order chi connectivity index (χ1) is 8.99. The van der Waals surface area contributed by atoms with E-state index in [1.807, 2.05) is 12.1 Å². The molecule has 0 amide bonds. The molecule has 102 valence electrons. The molecule has 0 unspecified atom stereocenters. The van der Waals surface area contributed by atoms with Crippen molar-refractivity contribution in [2.75, 3.05) is 0 Å². The Morgan fingerprint density at radius 3 is 2.42 bits per heavy atom. The number of carbonyl (C=O) groups is 1. The molecule has 0 radical (unpaired) electrons. The highest BCUT2D eigenvalue weighted by Gasteiger charge is 2.32. The van der Waals surface area contributed by atoms with E-state index in [0.717, 1.165) is 28.5 Å². The van der Waals surface area contributed by atoms with Crippen molar-refractivity contribution < 1.29 is 4.79 Å². The summed E-state index contributed by atoms with van der Waals surface area (Å²) in [6.07, 6.45) is 4.24. The third-order valence-corrected chi connectivity index (χ3v) is 4.59. The highest BCUT2D eigenvalue weighted by atomic mass is 79.9. The zero-order chi connectivity index (χ0) is 14.0. The fourth-order valence-corrected chi connectivity index (χ4v) is 3.03. The van der Waals surface area contributed by atoms with E-state index in [0.29, 0.717) is 17.6 Å². The van der Waals surface area contributed by atoms with Crippen LogP contribution in [0.4, 0.5) is 0 Å². The summed E-state index contributed by atoms with van der Waals surface area (Å²) < 4.78 is 1.07. The maximum atomic E-state index is 12.6. The average molecular weight is 321 g/mol. The topological polar surface area (TPSA) is 17.1 Å². The van der Waals surface area contributed by atoms with Crippen LogP contribution in [0, 0.1) is 17.8 Å². The van der Waals surface area contributed by atoms with Crippen LogP contribution in [0.3, 0.4) is 0 Å². The maximum absolute atomic E-state index is 12.6. The zero-order valence-corrected chi connectivity index (χ0v) is 13.4. The third-order valence-electron chi connectivity index (χ3n) is 4.06. The van der Waals surface area contributed by atoms with Gasteiger partial charge in [-0.25, -0.2) is 0 Å². The van der Waals surface area contributed by atoms with Gasteiger partial charge in [-0.1, -0.05) is 48.8 Å². The molecule has 2 heteroatoms. The summed E-state index contributed by atoms with van der Waals surface area (Å²) in [5, 5.41) is 0. The number of rotatable bonds is 2. The van der Waals surface area contributed by atoms with Crippen LogP contribution in [0.15, 0.2) is 34.3 Å². The molecule has 0 bridgehead atoms. The van der Waals surface area contributed by atoms with Crippen molar-refractivity contribution in [3.8, 4) is 0 Å². The monoisotopic (exact) mass is 320 g/mol. The quantitative estimate of drug-likeness (QED) is 0.692. The van der Waals surface area contributed by atoms with Crippen molar-refractivity contribution in [1.82, 2.24) is 0 Å². The summed E-state index contributed by atoms with van der Waals surface area (Å²) in [5.41, 5.74) is 2.12. The lowest BCUT2D eigenvalue weighted by Crippen LogP contribution is -2.30. The molecule has 1 aromatic carbocycles. The van der Waals surface area contributed by atoms with Gasteiger partial charge in [-0.2, -0.15) is 0 Å². The molecule has 2 rings (SSSR count). The van der Waals surface area contributed by atoms with E-state index in [1.54, 1.807) is 0 Å². The highest BCUT2D eigenvalue weighted by Crippen LogP contribution is 2.35. The molecule has 2 atom stereocenters. The molecule has 1 aliphatic rings. The van der Waals surface area contributed by atoms with Crippen molar-refractivity contribution >= 4 is 27.8 Å². The number of benzene rings is 1. The molecule has 1 nitrogen and oxygen atoms in total. The van der Waals surface area contributed by atoms with Gasteiger partial charge in [0.1, 0.15) is 0 Å². The van der Waals surface area contributed by atoms with Crippen molar-refractivity contribution in [1.29, 1.82) is 0 Å². The second kappa shape index (κ2) is 6.04. The van der Waals surface area contributed by atoms with Crippen LogP contribution in [0.25, 0.3) is 6.08 Å². The van der Waals surface area contributed by atoms with Crippen molar-refractivity contribution in [3.05, 3.63) is 39.9 Å². The van der Waals surface area contributed by atoms with E-state index in [2.05, 4.69) is 54.9 Å². The number of hydrogen-bond donors (Lipinski definition) is 0. The van der Waals surface area contributed by atoms with E-state index in [9.17, 15) is 4.79 Å². The Hall–Kier alpha value is -0.890. The minimum atomic E-state index is 0.206. The van der Waals surface area contributed by atoms with Gasteiger partial charge in [0.2, 0.25) is 0 Å². The van der Waals surface area contributed by atoms with E-state index in [-0.39, 0.29) is 5.92 Å². The average Bonchev–Trinajstić information content (AvgIpc) is 2.36. The van der Waals surface area contributed by atoms with Crippen LogP contribution in [-0.4, -0.2) is 5.78 Å². The van der Waals surface area contributed by atoms with Gasteiger partial charge in [0.25, 0.3) is 0 Å². The highest BCUT2D eigenvalue weighted by molar-refractivity contribution is 9.10. The molecule has 1 saturated carbocycles. The lowest BCUT2D eigenvalue weighted by molar-refractivity contribution is -0.122. The van der Waals surface area contributed by atoms with Gasteiger partial charge in [-0.3, -0.25) is 4.79 Å². The molecular formula is C17H21BrO. The van der Waals surface area contributed by atoms with Crippen molar-refractivity contribution in [3.63, 3.8) is 0 Å². The molecule has 0 spiro atoms. The van der Waals surface area contributed by atoms with Crippen LogP contribution in [0.5, 0.6) is 0 Å². The van der Waals surface area contributed by atoms with E-state index in [4.69, 9.17) is 0 Å². The van der Waals surface area contributed by atoms with E-state index in [1.165, 1.54) is 0 Å². The standard InChI is InChI=1S/C17H21BrO/c1-11(2)15-9-4-12(3)16(17(15)19)10-13-5-7-14(18)8-6-13/h5-8,10-12,15H,4,9H2,1-3H3/t12-,15+/m1/s1. The molecular weight excluding hydrogens is 300 g/mol. The maximum Gasteiger partial charge on any atom is 0.162 e. The van der Waals surface area contributed by atoms with Crippen LogP contribution >= 0.6 is 15.9 Å². The predicted molar refractivity (Wildman–Crippen MR) is 83.9 cm³/mol. The summed E-state index contributed by atoms with van der Waals surface area (Å²) in [6.45, 7) is 6.46. The van der Waals surface area contributed by atoms with Gasteiger partial charge < -0.3 is 0 Å². The third kappa shape index (κ3) is 3.36. The lowest BCUT2D eigenvalue weighted by Gasteiger charge is -2.30. The van der Waals surface area contributed by atoms with Crippen LogP contribution in [0.1, 0.15) is 39.2 Å². The van der Waals surface area contributed by atoms with E-state index >= 15 is 0 Å². The second-order valence-corrected chi connectivity index (χ2v) is 6.76. The second-order valence-electron chi connectivity index (χ2n) is 5.84. The van der Waals surface area contributed by atoms with Gasteiger partial charge in [-0.05, 0) is 54.0 Å². The zero-order valence-electron chi connectivity index (χ0n) is 11.8. The molecule has 0 N–H and O–H groups in total. The lowest BCUT2D eigenvalue weighted by atomic mass is 9.73. The minimum Gasteiger partial charge on any atom is -0.294 e. The molecule has 0 saturated heterocycles. The number of carbonyl (C=O) groups excluding carboxylic acids is 1. The van der Waals surface area contributed by atoms with Gasteiger partial charge in [0.15, 0.2) is 5.78 Å². The fraction of sp³-hybridized carbons (Fsp3) is 0.471. The van der Waals surface area contributed by atoms with E-state index < -0.39 is 0 Å². The number of allylic oxidation sites excluding steroid dienone is 1. The van der Waals surface area contributed by atoms with Crippen molar-refractivity contribution in [2.45, 2.75) is 33.6 Å². The molecule has 1 fully saturated rings. The van der Waals surface area contributed by atoms with Gasteiger partial charge in [-0.15, -0.1) is 0 Å². The Bertz CT molecular complexity index is 484.